The molecule has 2 unspecified atom stereocenters. The molecule has 0 saturated carbocycles. The number of hydrogen-bond acceptors (Lipinski definition) is 7. The normalized spacial score (nSPS) is 26.7. The van der Waals surface area contributed by atoms with Gasteiger partial charge in [0.15, 0.2) is 0 Å². The van der Waals surface area contributed by atoms with Crippen LogP contribution in [-0.4, -0.2) is 64.9 Å². The van der Waals surface area contributed by atoms with E-state index >= 15 is 0 Å². The number of nitrogens with zero attached hydrogens (tertiary/aromatic N) is 4. The molecule has 2 saturated heterocycles. The first-order valence-electron chi connectivity index (χ1n) is 9.15. The minimum atomic E-state index is -0.220. The lowest BCUT2D eigenvalue weighted by atomic mass is 9.94. The fourth-order valence-corrected chi connectivity index (χ4v) is 3.78. The third-order valence-electron chi connectivity index (χ3n) is 4.96. The van der Waals surface area contributed by atoms with Crippen molar-refractivity contribution in [3.8, 4) is 0 Å². The molecule has 2 aliphatic rings. The average molecular weight is 355 g/mol. The maximum Gasteiger partial charge on any atom is 0.222 e. The Balaban J connectivity index is 1.34. The van der Waals surface area contributed by atoms with Crippen molar-refractivity contribution in [3.05, 3.63) is 48.5 Å². The Hall–Kier alpha value is -2.09. The summed E-state index contributed by atoms with van der Waals surface area (Å²) in [4.78, 5) is 15.1. The van der Waals surface area contributed by atoms with Crippen LogP contribution in [-0.2, 0) is 16.0 Å². The molecule has 7 heteroatoms. The van der Waals surface area contributed by atoms with Gasteiger partial charge in [0.1, 0.15) is 5.60 Å². The lowest BCUT2D eigenvalue weighted by molar-refractivity contribution is -0.0562. The minimum Gasteiger partial charge on any atom is -0.377 e. The smallest absolute Gasteiger partial charge is 0.222 e. The number of nitrogens with one attached hydrogen (secondary N) is 1. The number of aromatic nitrogens is 3. The molecule has 138 valence electrons. The maximum atomic E-state index is 6.27. The number of hydrogen-bond donors (Lipinski definition) is 1. The SMILES string of the molecule is c1cnc(NCC2COC3(COCCN(Cc4cccnc4)C3)C2)nc1. The Kier molecular flexibility index (Phi) is 5.38. The Morgan fingerprint density at radius 3 is 3.00 bits per heavy atom. The van der Waals surface area contributed by atoms with Crippen molar-refractivity contribution in [2.24, 2.45) is 5.92 Å². The van der Waals surface area contributed by atoms with Gasteiger partial charge in [0, 0.05) is 56.9 Å². The van der Waals surface area contributed by atoms with Gasteiger partial charge in [-0.2, -0.15) is 0 Å². The summed E-state index contributed by atoms with van der Waals surface area (Å²) in [6, 6.07) is 5.92. The fraction of sp³-hybridized carbons (Fsp3) is 0.526. The summed E-state index contributed by atoms with van der Waals surface area (Å²) in [5.74, 6) is 1.10. The highest BCUT2D eigenvalue weighted by atomic mass is 16.5. The fourth-order valence-electron chi connectivity index (χ4n) is 3.78. The summed E-state index contributed by atoms with van der Waals surface area (Å²) in [5, 5.41) is 3.31. The number of rotatable bonds is 5. The quantitative estimate of drug-likeness (QED) is 0.873. The van der Waals surface area contributed by atoms with Crippen LogP contribution in [0.5, 0.6) is 0 Å². The molecule has 26 heavy (non-hydrogen) atoms. The number of pyridine rings is 1. The van der Waals surface area contributed by atoms with E-state index in [1.807, 2.05) is 24.5 Å². The zero-order chi connectivity index (χ0) is 17.7. The second-order valence-corrected chi connectivity index (χ2v) is 7.14. The molecule has 2 fully saturated rings. The van der Waals surface area contributed by atoms with Crippen molar-refractivity contribution < 1.29 is 9.47 Å². The Morgan fingerprint density at radius 1 is 1.23 bits per heavy atom. The van der Waals surface area contributed by atoms with E-state index in [9.17, 15) is 0 Å². The predicted molar refractivity (Wildman–Crippen MR) is 97.6 cm³/mol. The van der Waals surface area contributed by atoms with E-state index in [2.05, 4.69) is 31.2 Å². The van der Waals surface area contributed by atoms with Crippen molar-refractivity contribution in [2.75, 3.05) is 44.8 Å². The van der Waals surface area contributed by atoms with Gasteiger partial charge < -0.3 is 14.8 Å². The van der Waals surface area contributed by atoms with Crippen LogP contribution in [0.25, 0.3) is 0 Å². The van der Waals surface area contributed by atoms with Crippen LogP contribution in [0.1, 0.15) is 12.0 Å². The molecule has 0 bridgehead atoms. The second kappa shape index (κ2) is 8.07. The minimum absolute atomic E-state index is 0.220. The summed E-state index contributed by atoms with van der Waals surface area (Å²) in [6.07, 6.45) is 8.22. The molecule has 4 heterocycles. The van der Waals surface area contributed by atoms with Crippen molar-refractivity contribution in [3.63, 3.8) is 0 Å². The number of ether oxygens (including phenoxy) is 2. The first-order valence-corrected chi connectivity index (χ1v) is 9.15. The van der Waals surface area contributed by atoms with Gasteiger partial charge in [0.05, 0.1) is 19.8 Å². The first kappa shape index (κ1) is 17.3. The lowest BCUT2D eigenvalue weighted by Gasteiger charge is -2.31. The maximum absolute atomic E-state index is 6.27. The van der Waals surface area contributed by atoms with E-state index in [0.29, 0.717) is 18.5 Å². The van der Waals surface area contributed by atoms with Gasteiger partial charge in [-0.25, -0.2) is 9.97 Å². The molecule has 7 nitrogen and oxygen atoms in total. The molecule has 1 N–H and O–H groups in total. The molecule has 4 rings (SSSR count). The molecule has 2 aromatic heterocycles. The molecule has 0 aliphatic carbocycles. The van der Waals surface area contributed by atoms with Crippen LogP contribution >= 0.6 is 0 Å². The van der Waals surface area contributed by atoms with Gasteiger partial charge in [-0.05, 0) is 24.1 Å². The molecule has 0 amide bonds. The predicted octanol–water partition coefficient (Wildman–Crippen LogP) is 1.59. The van der Waals surface area contributed by atoms with Crippen LogP contribution in [0.2, 0.25) is 0 Å². The Labute approximate surface area is 153 Å². The van der Waals surface area contributed by atoms with Crippen molar-refractivity contribution in [2.45, 2.75) is 18.6 Å². The summed E-state index contributed by atoms with van der Waals surface area (Å²) >= 11 is 0. The average Bonchev–Trinajstić information content (AvgIpc) is 2.97. The number of anilines is 1. The lowest BCUT2D eigenvalue weighted by Crippen LogP contribution is -2.43. The molecule has 2 atom stereocenters. The van der Waals surface area contributed by atoms with Crippen molar-refractivity contribution in [1.29, 1.82) is 0 Å². The highest BCUT2D eigenvalue weighted by Crippen LogP contribution is 2.33. The van der Waals surface area contributed by atoms with Crippen LogP contribution in [0, 0.1) is 5.92 Å². The van der Waals surface area contributed by atoms with Gasteiger partial charge >= 0.3 is 0 Å². The Bertz CT molecular complexity index is 687. The summed E-state index contributed by atoms with van der Waals surface area (Å²) in [5.41, 5.74) is 1.00. The van der Waals surface area contributed by atoms with Crippen LogP contribution < -0.4 is 5.32 Å². The van der Waals surface area contributed by atoms with Gasteiger partial charge in [-0.15, -0.1) is 0 Å². The Morgan fingerprint density at radius 2 is 2.15 bits per heavy atom. The zero-order valence-corrected chi connectivity index (χ0v) is 14.9. The van der Waals surface area contributed by atoms with E-state index in [1.54, 1.807) is 12.4 Å². The largest absolute Gasteiger partial charge is 0.377 e. The van der Waals surface area contributed by atoms with Gasteiger partial charge in [0.2, 0.25) is 5.95 Å². The summed E-state index contributed by atoms with van der Waals surface area (Å²) in [6.45, 7) is 5.64. The second-order valence-electron chi connectivity index (χ2n) is 7.14. The monoisotopic (exact) mass is 355 g/mol. The first-order chi connectivity index (χ1) is 12.8. The van der Waals surface area contributed by atoms with E-state index in [-0.39, 0.29) is 5.60 Å². The van der Waals surface area contributed by atoms with E-state index < -0.39 is 0 Å². The molecule has 0 aromatic carbocycles. The van der Waals surface area contributed by atoms with Crippen LogP contribution in [0.4, 0.5) is 5.95 Å². The van der Waals surface area contributed by atoms with Crippen LogP contribution in [0.15, 0.2) is 43.0 Å². The summed E-state index contributed by atoms with van der Waals surface area (Å²) in [7, 11) is 0. The molecule has 2 aliphatic heterocycles. The molecular formula is C19H25N5O2. The zero-order valence-electron chi connectivity index (χ0n) is 14.9. The standard InChI is InChI=1S/C19H25N5O2/c1-3-16(10-20-4-1)12-24-7-8-25-15-19(14-24)9-17(13-26-19)11-23-18-21-5-2-6-22-18/h1-6,10,17H,7-9,11-15H2,(H,21,22,23). The van der Waals surface area contributed by atoms with E-state index in [0.717, 1.165) is 45.8 Å². The van der Waals surface area contributed by atoms with Crippen molar-refractivity contribution in [1.82, 2.24) is 19.9 Å². The topological polar surface area (TPSA) is 72.4 Å². The van der Waals surface area contributed by atoms with Gasteiger partial charge in [-0.1, -0.05) is 6.07 Å². The highest BCUT2D eigenvalue weighted by Gasteiger charge is 2.43. The molecule has 2 aromatic rings. The van der Waals surface area contributed by atoms with Crippen LogP contribution in [0.3, 0.4) is 0 Å². The van der Waals surface area contributed by atoms with E-state index in [4.69, 9.17) is 9.47 Å². The third kappa shape index (κ3) is 4.35. The summed E-state index contributed by atoms with van der Waals surface area (Å²) < 4.78 is 12.2. The van der Waals surface area contributed by atoms with Gasteiger partial charge in [0.25, 0.3) is 0 Å². The third-order valence-corrected chi connectivity index (χ3v) is 4.96. The highest BCUT2D eigenvalue weighted by molar-refractivity contribution is 5.22. The van der Waals surface area contributed by atoms with Gasteiger partial charge in [-0.3, -0.25) is 9.88 Å². The molecule has 0 radical (unpaired) electrons. The van der Waals surface area contributed by atoms with E-state index in [1.165, 1.54) is 5.56 Å². The molecule has 1 spiro atoms. The molecular weight excluding hydrogens is 330 g/mol. The van der Waals surface area contributed by atoms with Crippen molar-refractivity contribution >= 4 is 5.95 Å².